The predicted octanol–water partition coefficient (Wildman–Crippen LogP) is 10.0. The quantitative estimate of drug-likeness (QED) is 0.145. The number of aryl methyl sites for hydroxylation is 3. The van der Waals surface area contributed by atoms with Gasteiger partial charge in [-0.05, 0) is 116 Å². The fourth-order valence-electron chi connectivity index (χ4n) is 8.15. The van der Waals surface area contributed by atoms with Crippen molar-refractivity contribution in [1.29, 1.82) is 0 Å². The van der Waals surface area contributed by atoms with Crippen LogP contribution >= 0.6 is 0 Å². The van der Waals surface area contributed by atoms with Crippen LogP contribution in [-0.2, 0) is 33.3 Å². The van der Waals surface area contributed by atoms with Crippen LogP contribution in [0.3, 0.4) is 0 Å². The molecule has 67 heavy (non-hydrogen) atoms. The van der Waals surface area contributed by atoms with Gasteiger partial charge in [0.25, 0.3) is 0 Å². The average Bonchev–Trinajstić information content (AvgIpc) is 3.57. The van der Waals surface area contributed by atoms with Gasteiger partial charge >= 0.3 is 11.9 Å². The van der Waals surface area contributed by atoms with Crippen molar-refractivity contribution in [2.24, 2.45) is 17.8 Å². The van der Waals surface area contributed by atoms with E-state index in [2.05, 4.69) is 64.1 Å². The van der Waals surface area contributed by atoms with Gasteiger partial charge in [-0.25, -0.2) is 4.79 Å². The molecule has 0 bridgehead atoms. The molecule has 0 aromatic heterocycles. The van der Waals surface area contributed by atoms with Gasteiger partial charge in [-0.1, -0.05) is 133 Å². The van der Waals surface area contributed by atoms with E-state index >= 15 is 0 Å². The van der Waals surface area contributed by atoms with Crippen LogP contribution in [0.1, 0.15) is 106 Å². The summed E-state index contributed by atoms with van der Waals surface area (Å²) in [5.74, 6) is -2.48. The number of allylic oxidation sites excluding steroid dienone is 3. The highest BCUT2D eigenvalue weighted by Gasteiger charge is 2.44. The second-order valence-corrected chi connectivity index (χ2v) is 18.3. The average molecular weight is 919 g/mol. The third kappa shape index (κ3) is 17.5. The van der Waals surface area contributed by atoms with Crippen LogP contribution in [0.4, 0.5) is 0 Å². The third-order valence-corrected chi connectivity index (χ3v) is 11.5. The lowest BCUT2D eigenvalue weighted by molar-refractivity contribution is -0.156. The summed E-state index contributed by atoms with van der Waals surface area (Å²) in [7, 11) is 0. The van der Waals surface area contributed by atoms with Crippen molar-refractivity contribution in [2.45, 2.75) is 137 Å². The minimum atomic E-state index is -1.52. The third-order valence-electron chi connectivity index (χ3n) is 11.5. The molecule has 3 unspecified atom stereocenters. The van der Waals surface area contributed by atoms with Gasteiger partial charge in [0.05, 0.1) is 18.1 Å². The molecule has 9 atom stereocenters. The molecule has 360 valence electrons. The standard InChI is InChI=1S/C23H32O5.C19H22O6.2C7H8/c1-14-12-15(2)20-17(13-14)9-7-11-19-21(28-23(4,5)27-19)18(24)10-6-8-16(3)26-22(20)25;1-11-9-13-6-4-8-15(21)18(23)14(20)7-3-5-12(2)25-19(24)17(13)16(22)10-11;2*1-7-5-3-2-4-6-7/h6-7,9-10,12,15-17,19-21H,8,11,13H2,1-5H3;3-4,6-7,9-10,12,15,18,21-23H,5,8H2,1-2H3;2*2-6H,1H3/b9-7+,10-6-;6-4+,7-3-;;/t15?,16-,17?,19-,20?,21+;12-,15-,18+;;/m00../s1. The number of aromatic hydroxyl groups is 1. The number of phenolic OH excluding ortho intramolecular Hbond substituents is 1. The Balaban J connectivity index is 0.000000227. The zero-order chi connectivity index (χ0) is 49.3. The number of hydrogen-bond acceptors (Lipinski definition) is 11. The maximum atomic E-state index is 12.9. The molecule has 1 aliphatic carbocycles. The molecule has 0 radical (unpaired) electrons. The van der Waals surface area contributed by atoms with Crippen molar-refractivity contribution in [3.63, 3.8) is 0 Å². The number of aliphatic hydroxyl groups excluding tert-OH is 2. The van der Waals surface area contributed by atoms with E-state index in [9.17, 15) is 34.5 Å². The van der Waals surface area contributed by atoms with Gasteiger partial charge < -0.3 is 34.3 Å². The second-order valence-electron chi connectivity index (χ2n) is 18.3. The van der Waals surface area contributed by atoms with Gasteiger partial charge in [0.15, 0.2) is 17.4 Å². The van der Waals surface area contributed by atoms with E-state index in [1.54, 1.807) is 32.1 Å². The van der Waals surface area contributed by atoms with Gasteiger partial charge in [0, 0.05) is 12.8 Å². The summed E-state index contributed by atoms with van der Waals surface area (Å²) in [5, 5.41) is 29.9. The van der Waals surface area contributed by atoms with Crippen LogP contribution in [0.25, 0.3) is 6.08 Å². The lowest BCUT2D eigenvalue weighted by Crippen LogP contribution is -2.34. The highest BCUT2D eigenvalue weighted by molar-refractivity contribution is 5.97. The van der Waals surface area contributed by atoms with Crippen molar-refractivity contribution < 1.29 is 53.4 Å². The minimum absolute atomic E-state index is 0.0142. The van der Waals surface area contributed by atoms with Gasteiger partial charge in [-0.15, -0.1) is 0 Å². The Morgan fingerprint density at radius 1 is 0.642 bits per heavy atom. The number of carbonyl (C=O) groups excluding carboxylic acids is 4. The number of hydrogen-bond donors (Lipinski definition) is 3. The molecule has 3 aromatic carbocycles. The van der Waals surface area contributed by atoms with Gasteiger partial charge in [-0.2, -0.15) is 0 Å². The molecule has 3 aromatic rings. The molecular weight excluding hydrogens is 849 g/mol. The normalized spacial score (nSPS) is 29.4. The van der Waals surface area contributed by atoms with Gasteiger partial charge in [-0.3, -0.25) is 14.4 Å². The zero-order valence-corrected chi connectivity index (χ0v) is 40.5. The number of aliphatic hydroxyl groups is 2. The van der Waals surface area contributed by atoms with E-state index in [1.165, 1.54) is 47.1 Å². The van der Waals surface area contributed by atoms with Gasteiger partial charge in [0.1, 0.15) is 35.7 Å². The maximum Gasteiger partial charge on any atom is 0.342 e. The van der Waals surface area contributed by atoms with E-state index in [-0.39, 0.29) is 65.9 Å². The van der Waals surface area contributed by atoms with Crippen molar-refractivity contribution in [1.82, 2.24) is 0 Å². The number of ketones is 2. The summed E-state index contributed by atoms with van der Waals surface area (Å²) in [5.41, 5.74) is 5.17. The highest BCUT2D eigenvalue weighted by atomic mass is 16.8. The number of ether oxygens (including phenoxy) is 4. The summed E-state index contributed by atoms with van der Waals surface area (Å²) in [6.45, 7) is 17.3. The van der Waals surface area contributed by atoms with Crippen molar-refractivity contribution >= 4 is 29.6 Å². The van der Waals surface area contributed by atoms with E-state index in [4.69, 9.17) is 18.9 Å². The van der Waals surface area contributed by atoms with Crippen molar-refractivity contribution in [3.05, 3.63) is 155 Å². The first-order chi connectivity index (χ1) is 31.7. The number of carbonyl (C=O) groups is 4. The molecule has 3 aliphatic heterocycles. The summed E-state index contributed by atoms with van der Waals surface area (Å²) < 4.78 is 22.9. The topological polar surface area (TPSA) is 166 Å². The Bertz CT molecular complexity index is 2220. The zero-order valence-electron chi connectivity index (χ0n) is 40.5. The van der Waals surface area contributed by atoms with Gasteiger partial charge in [0.2, 0.25) is 0 Å². The van der Waals surface area contributed by atoms with Crippen LogP contribution < -0.4 is 0 Å². The smallest absolute Gasteiger partial charge is 0.342 e. The number of cyclic esters (lactones) is 2. The van der Waals surface area contributed by atoms with Crippen LogP contribution in [0, 0.1) is 38.5 Å². The number of esters is 2. The molecule has 1 fully saturated rings. The van der Waals surface area contributed by atoms with Crippen LogP contribution in [0.2, 0.25) is 0 Å². The molecule has 3 heterocycles. The second kappa shape index (κ2) is 26.0. The molecule has 4 aliphatic rings. The molecule has 3 N–H and O–H groups in total. The number of phenols is 1. The number of benzene rings is 3. The first-order valence-corrected chi connectivity index (χ1v) is 23.2. The summed E-state index contributed by atoms with van der Waals surface area (Å²) >= 11 is 0. The monoisotopic (exact) mass is 918 g/mol. The maximum absolute atomic E-state index is 12.9. The first kappa shape index (κ1) is 53.9. The molecule has 11 heteroatoms. The summed E-state index contributed by atoms with van der Waals surface area (Å²) in [6, 6.07) is 23.7. The molecule has 0 spiro atoms. The SMILES string of the molecule is CC1=CC(C)C2C(=O)O[C@@H](C)C/C=C\C(=O)[C@H]3OC(C)(C)O[C@H]3C/C=C/C2C1.Cc1cc(O)c2c(c1)/C=C/C[C@H](O)[C@H](O)C(=O)/C=C\C[C@H](C)OC2=O.Cc1ccccc1.Cc1ccccc1. The fourth-order valence-corrected chi connectivity index (χ4v) is 8.15. The molecule has 1 saturated heterocycles. The molecule has 7 rings (SSSR count). The molecule has 0 amide bonds. The number of fused-ring (bicyclic) bond motifs is 3. The first-order valence-electron chi connectivity index (χ1n) is 23.2. The lowest BCUT2D eigenvalue weighted by atomic mass is 9.74. The van der Waals surface area contributed by atoms with E-state index in [1.807, 2.05) is 63.2 Å². The van der Waals surface area contributed by atoms with E-state index in [0.29, 0.717) is 18.4 Å². The minimum Gasteiger partial charge on any atom is -0.507 e. The summed E-state index contributed by atoms with van der Waals surface area (Å²) in [4.78, 5) is 49.7. The predicted molar refractivity (Wildman–Crippen MR) is 261 cm³/mol. The highest BCUT2D eigenvalue weighted by Crippen LogP contribution is 2.37. The van der Waals surface area contributed by atoms with E-state index < -0.39 is 42.0 Å². The Labute approximate surface area is 396 Å². The summed E-state index contributed by atoms with van der Waals surface area (Å²) in [6.07, 6.45) is 13.0. The largest absolute Gasteiger partial charge is 0.507 e. The lowest BCUT2D eigenvalue weighted by Gasteiger charge is -2.32. The van der Waals surface area contributed by atoms with Crippen molar-refractivity contribution in [3.8, 4) is 5.75 Å². The van der Waals surface area contributed by atoms with Crippen LogP contribution in [0.5, 0.6) is 5.75 Å². The van der Waals surface area contributed by atoms with Crippen LogP contribution in [0.15, 0.2) is 127 Å². The van der Waals surface area contributed by atoms with E-state index in [0.717, 1.165) is 12.0 Å². The Morgan fingerprint density at radius 3 is 1.79 bits per heavy atom. The molecular formula is C56H70O11. The Hall–Kier alpha value is -5.72. The Morgan fingerprint density at radius 2 is 1.21 bits per heavy atom. The molecule has 0 saturated carbocycles. The van der Waals surface area contributed by atoms with Crippen LogP contribution in [-0.4, -0.2) is 81.2 Å². The Kier molecular flexibility index (Phi) is 20.9. The number of rotatable bonds is 0. The fraction of sp³-hybridized carbons (Fsp3) is 0.429. The molecule has 11 nitrogen and oxygen atoms in total. The van der Waals surface area contributed by atoms with Crippen molar-refractivity contribution in [2.75, 3.05) is 0 Å².